The number of hydrogen-bond donors (Lipinski definition) is 1. The molecule has 2 nitrogen and oxygen atoms in total. The maximum atomic E-state index is 9.15. The molecule has 0 atom stereocenters. The third-order valence-electron chi connectivity index (χ3n) is 2.45. The van der Waals surface area contributed by atoms with Gasteiger partial charge in [-0.25, -0.2) is 0 Å². The molecular formula is C11H15NOS. The van der Waals surface area contributed by atoms with Gasteiger partial charge in [-0.15, -0.1) is 0 Å². The number of phenolic OH excluding ortho intramolecular Hbond substituents is 1. The van der Waals surface area contributed by atoms with Crippen molar-refractivity contribution in [2.45, 2.75) is 6.54 Å². The van der Waals surface area contributed by atoms with Gasteiger partial charge in [0, 0.05) is 31.1 Å². The van der Waals surface area contributed by atoms with Crippen molar-refractivity contribution >= 4 is 11.8 Å². The molecule has 1 saturated heterocycles. The molecule has 0 bridgehead atoms. The second-order valence-electron chi connectivity index (χ2n) is 3.55. The van der Waals surface area contributed by atoms with Crippen LogP contribution in [0, 0.1) is 0 Å². The third kappa shape index (κ3) is 2.66. The van der Waals surface area contributed by atoms with Gasteiger partial charge in [-0.3, -0.25) is 4.90 Å². The predicted octanol–water partition coefficient (Wildman–Crippen LogP) is 1.94. The molecule has 1 fully saturated rings. The molecule has 0 radical (unpaired) electrons. The second kappa shape index (κ2) is 4.71. The van der Waals surface area contributed by atoms with Crippen LogP contribution < -0.4 is 0 Å². The van der Waals surface area contributed by atoms with Crippen LogP contribution in [0.5, 0.6) is 5.75 Å². The Morgan fingerprint density at radius 2 is 1.79 bits per heavy atom. The summed E-state index contributed by atoms with van der Waals surface area (Å²) in [7, 11) is 0. The van der Waals surface area contributed by atoms with E-state index in [4.69, 9.17) is 5.11 Å². The standard InChI is InChI=1S/C11H15NOS/c13-11-3-1-10(2-4-11)9-12-5-7-14-8-6-12/h1-4,13H,5-9H2. The summed E-state index contributed by atoms with van der Waals surface area (Å²) in [6.07, 6.45) is 0. The molecule has 1 aliphatic rings. The number of benzene rings is 1. The van der Waals surface area contributed by atoms with Gasteiger partial charge >= 0.3 is 0 Å². The second-order valence-corrected chi connectivity index (χ2v) is 4.78. The van der Waals surface area contributed by atoms with Crippen LogP contribution in [0.25, 0.3) is 0 Å². The van der Waals surface area contributed by atoms with Gasteiger partial charge in [-0.2, -0.15) is 11.8 Å². The van der Waals surface area contributed by atoms with Gasteiger partial charge in [0.05, 0.1) is 0 Å². The van der Waals surface area contributed by atoms with Crippen molar-refractivity contribution in [1.29, 1.82) is 0 Å². The van der Waals surface area contributed by atoms with E-state index in [1.807, 2.05) is 23.9 Å². The summed E-state index contributed by atoms with van der Waals surface area (Å²) in [5.74, 6) is 2.85. The van der Waals surface area contributed by atoms with E-state index in [-0.39, 0.29) is 0 Å². The Hall–Kier alpha value is -0.670. The van der Waals surface area contributed by atoms with Crippen molar-refractivity contribution < 1.29 is 5.11 Å². The number of rotatable bonds is 2. The zero-order valence-corrected chi connectivity index (χ0v) is 8.96. The summed E-state index contributed by atoms with van der Waals surface area (Å²) < 4.78 is 0. The first-order chi connectivity index (χ1) is 6.84. The van der Waals surface area contributed by atoms with Crippen LogP contribution in [0.3, 0.4) is 0 Å². The maximum Gasteiger partial charge on any atom is 0.115 e. The number of thioether (sulfide) groups is 1. The van der Waals surface area contributed by atoms with E-state index >= 15 is 0 Å². The topological polar surface area (TPSA) is 23.5 Å². The molecule has 1 aromatic rings. The zero-order chi connectivity index (χ0) is 9.80. The smallest absolute Gasteiger partial charge is 0.115 e. The molecular weight excluding hydrogens is 194 g/mol. The first kappa shape index (κ1) is 9.87. The Morgan fingerprint density at radius 3 is 2.43 bits per heavy atom. The van der Waals surface area contributed by atoms with Gasteiger partial charge in [-0.1, -0.05) is 12.1 Å². The highest BCUT2D eigenvalue weighted by Crippen LogP contribution is 2.15. The molecule has 3 heteroatoms. The largest absolute Gasteiger partial charge is 0.508 e. The molecule has 0 aromatic heterocycles. The maximum absolute atomic E-state index is 9.15. The normalized spacial score (nSPS) is 18.3. The summed E-state index contributed by atoms with van der Waals surface area (Å²) in [4.78, 5) is 2.46. The van der Waals surface area contributed by atoms with Crippen molar-refractivity contribution in [1.82, 2.24) is 4.90 Å². The quantitative estimate of drug-likeness (QED) is 0.805. The van der Waals surface area contributed by atoms with Gasteiger partial charge in [0.25, 0.3) is 0 Å². The number of phenols is 1. The minimum absolute atomic E-state index is 0.350. The fourth-order valence-corrected chi connectivity index (χ4v) is 2.60. The molecule has 0 spiro atoms. The van der Waals surface area contributed by atoms with E-state index in [1.54, 1.807) is 12.1 Å². The lowest BCUT2D eigenvalue weighted by atomic mass is 10.2. The molecule has 0 aliphatic carbocycles. The van der Waals surface area contributed by atoms with E-state index in [1.165, 1.54) is 30.2 Å². The molecule has 2 rings (SSSR count). The van der Waals surface area contributed by atoms with Crippen molar-refractivity contribution in [3.8, 4) is 5.75 Å². The van der Waals surface area contributed by atoms with Crippen LogP contribution in [0.2, 0.25) is 0 Å². The van der Waals surface area contributed by atoms with Crippen LogP contribution in [0.15, 0.2) is 24.3 Å². The molecule has 76 valence electrons. The van der Waals surface area contributed by atoms with Crippen molar-refractivity contribution in [2.75, 3.05) is 24.6 Å². The molecule has 0 saturated carbocycles. The van der Waals surface area contributed by atoms with Crippen LogP contribution in [0.4, 0.5) is 0 Å². The third-order valence-corrected chi connectivity index (χ3v) is 3.39. The lowest BCUT2D eigenvalue weighted by Crippen LogP contribution is -2.31. The summed E-state index contributed by atoms with van der Waals surface area (Å²) in [6, 6.07) is 7.51. The highest BCUT2D eigenvalue weighted by atomic mass is 32.2. The molecule has 1 N–H and O–H groups in total. The van der Waals surface area contributed by atoms with Crippen molar-refractivity contribution in [2.24, 2.45) is 0 Å². The lowest BCUT2D eigenvalue weighted by molar-refractivity contribution is 0.294. The van der Waals surface area contributed by atoms with E-state index in [0.29, 0.717) is 5.75 Å². The molecule has 0 unspecified atom stereocenters. The highest BCUT2D eigenvalue weighted by Gasteiger charge is 2.10. The van der Waals surface area contributed by atoms with Gasteiger partial charge < -0.3 is 5.11 Å². The van der Waals surface area contributed by atoms with Crippen LogP contribution in [-0.4, -0.2) is 34.6 Å². The Balaban J connectivity index is 1.92. The van der Waals surface area contributed by atoms with Crippen LogP contribution >= 0.6 is 11.8 Å². The van der Waals surface area contributed by atoms with Gasteiger partial charge in [0.1, 0.15) is 5.75 Å². The monoisotopic (exact) mass is 209 g/mol. The zero-order valence-electron chi connectivity index (χ0n) is 8.15. The predicted molar refractivity (Wildman–Crippen MR) is 60.7 cm³/mol. The number of hydrogen-bond acceptors (Lipinski definition) is 3. The Kier molecular flexibility index (Phi) is 3.32. The Bertz CT molecular complexity index is 280. The summed E-state index contributed by atoms with van der Waals surface area (Å²) >= 11 is 2.03. The molecule has 1 aliphatic heterocycles. The van der Waals surface area contributed by atoms with E-state index < -0.39 is 0 Å². The number of aromatic hydroxyl groups is 1. The van der Waals surface area contributed by atoms with E-state index in [2.05, 4.69) is 4.90 Å². The summed E-state index contributed by atoms with van der Waals surface area (Å²) in [5.41, 5.74) is 1.29. The first-order valence-electron chi connectivity index (χ1n) is 4.92. The lowest BCUT2D eigenvalue weighted by Gasteiger charge is -2.26. The van der Waals surface area contributed by atoms with E-state index in [0.717, 1.165) is 6.54 Å². The Morgan fingerprint density at radius 1 is 1.14 bits per heavy atom. The first-order valence-corrected chi connectivity index (χ1v) is 6.08. The summed E-state index contributed by atoms with van der Waals surface area (Å²) in [5, 5.41) is 9.15. The van der Waals surface area contributed by atoms with E-state index in [9.17, 15) is 0 Å². The SMILES string of the molecule is Oc1ccc(CN2CCSCC2)cc1. The van der Waals surface area contributed by atoms with Crippen LogP contribution in [0.1, 0.15) is 5.56 Å². The van der Waals surface area contributed by atoms with Crippen molar-refractivity contribution in [3.63, 3.8) is 0 Å². The van der Waals surface area contributed by atoms with Gasteiger partial charge in [0.2, 0.25) is 0 Å². The molecule has 1 heterocycles. The highest BCUT2D eigenvalue weighted by molar-refractivity contribution is 7.99. The van der Waals surface area contributed by atoms with Crippen molar-refractivity contribution in [3.05, 3.63) is 29.8 Å². The number of nitrogens with zero attached hydrogens (tertiary/aromatic N) is 1. The fourth-order valence-electron chi connectivity index (χ4n) is 1.62. The average molecular weight is 209 g/mol. The average Bonchev–Trinajstić information content (AvgIpc) is 2.23. The minimum Gasteiger partial charge on any atom is -0.508 e. The fraction of sp³-hybridized carbons (Fsp3) is 0.455. The summed E-state index contributed by atoms with van der Waals surface area (Å²) in [6.45, 7) is 3.39. The van der Waals surface area contributed by atoms with Gasteiger partial charge in [0.15, 0.2) is 0 Å². The van der Waals surface area contributed by atoms with Gasteiger partial charge in [-0.05, 0) is 17.7 Å². The molecule has 0 amide bonds. The Labute approximate surface area is 88.9 Å². The molecule has 14 heavy (non-hydrogen) atoms. The molecule has 1 aromatic carbocycles. The van der Waals surface area contributed by atoms with Crippen LogP contribution in [-0.2, 0) is 6.54 Å². The minimum atomic E-state index is 0.350.